The lowest BCUT2D eigenvalue weighted by molar-refractivity contribution is -0.137. The third-order valence-corrected chi connectivity index (χ3v) is 14.6. The van der Waals surface area contributed by atoms with Crippen LogP contribution in [-0.2, 0) is 59.2 Å². The summed E-state index contributed by atoms with van der Waals surface area (Å²) < 4.78 is 0. The van der Waals surface area contributed by atoms with Gasteiger partial charge in [-0.15, -0.1) is 0 Å². The van der Waals surface area contributed by atoms with Crippen LogP contribution >= 0.6 is 11.6 Å². The first-order chi connectivity index (χ1) is 40.7. The molecule has 29 nitrogen and oxygen atoms in total. The third kappa shape index (κ3) is 27.0. The van der Waals surface area contributed by atoms with Crippen molar-refractivity contribution in [1.82, 2.24) is 58.5 Å². The Balaban J connectivity index is 2.69. The van der Waals surface area contributed by atoms with E-state index in [9.17, 15) is 63.0 Å². The van der Waals surface area contributed by atoms with E-state index < -0.39 is 151 Å². The van der Waals surface area contributed by atoms with Crippen molar-refractivity contribution in [1.29, 1.82) is 0 Å². The minimum absolute atomic E-state index is 0.0215. The maximum absolute atomic E-state index is 14.6. The molecule has 86 heavy (non-hydrogen) atoms. The number of carbonyl (C=O) groups is 11. The average Bonchev–Trinajstić information content (AvgIpc) is 3.59. The summed E-state index contributed by atoms with van der Waals surface area (Å²) in [5.74, 6) is -9.61. The van der Waals surface area contributed by atoms with Crippen molar-refractivity contribution in [3.8, 4) is 0 Å². The van der Waals surface area contributed by atoms with Crippen molar-refractivity contribution in [3.63, 3.8) is 0 Å². The molecule has 2 rings (SSSR count). The molecule has 1 aliphatic rings. The summed E-state index contributed by atoms with van der Waals surface area (Å²) in [7, 11) is 0. The fraction of sp³-hybridized carbons (Fsp3) is 0.696. The zero-order valence-corrected chi connectivity index (χ0v) is 51.2. The molecule has 0 aromatic heterocycles. The van der Waals surface area contributed by atoms with Gasteiger partial charge in [0.1, 0.15) is 60.4 Å². The number of amides is 11. The Morgan fingerprint density at radius 3 is 1.57 bits per heavy atom. The van der Waals surface area contributed by atoms with Crippen LogP contribution in [0.25, 0.3) is 0 Å². The highest BCUT2D eigenvalue weighted by atomic mass is 35.5. The molecule has 1 heterocycles. The highest BCUT2D eigenvalue weighted by molar-refractivity contribution is 6.30. The number of rotatable bonds is 29. The van der Waals surface area contributed by atoms with Crippen LogP contribution in [-0.4, -0.2) is 187 Å². The summed E-state index contributed by atoms with van der Waals surface area (Å²) in [6.45, 7) is 8.92. The van der Waals surface area contributed by atoms with E-state index in [4.69, 9.17) is 40.3 Å². The van der Waals surface area contributed by atoms with Crippen LogP contribution < -0.4 is 87.2 Å². The normalized spacial score (nSPS) is 22.8. The van der Waals surface area contributed by atoms with Gasteiger partial charge < -0.3 is 97.4 Å². The summed E-state index contributed by atoms with van der Waals surface area (Å²) >= 11 is 6.17. The Morgan fingerprint density at radius 2 is 1.07 bits per heavy atom. The van der Waals surface area contributed by atoms with Crippen LogP contribution in [0.2, 0.25) is 5.02 Å². The molecule has 0 saturated carbocycles. The molecule has 23 N–H and O–H groups in total. The Labute approximate surface area is 508 Å². The molecule has 0 aliphatic carbocycles. The largest absolute Gasteiger partial charge is 0.391 e. The van der Waals surface area contributed by atoms with E-state index in [0.29, 0.717) is 22.9 Å². The number of nitrogens with two attached hydrogens (primary N) is 5. The molecule has 0 bridgehead atoms. The molecule has 486 valence electrons. The number of aliphatic hydroxyl groups is 2. The number of benzene rings is 1. The highest BCUT2D eigenvalue weighted by Crippen LogP contribution is 2.15. The number of unbranched alkanes of at least 4 members (excludes halogenated alkanes) is 1. The molecule has 1 aromatic rings. The van der Waals surface area contributed by atoms with Gasteiger partial charge in [0.05, 0.1) is 12.2 Å². The van der Waals surface area contributed by atoms with E-state index in [1.54, 1.807) is 38.1 Å². The molecule has 30 heteroatoms. The fourth-order valence-electron chi connectivity index (χ4n) is 9.13. The van der Waals surface area contributed by atoms with E-state index in [-0.39, 0.29) is 90.0 Å². The van der Waals surface area contributed by atoms with Crippen LogP contribution in [0.3, 0.4) is 0 Å². The lowest BCUT2D eigenvalue weighted by Crippen LogP contribution is -2.62. The standard InChI is InChI=1S/C56H97ClN16O13/c1-7-31(4)10-8-9-11-44(76)64-36(16-22-58)51(81)73-46(33(6)75)56(86)69-39(19-25-61)48(78)68-41-21-27-63-55(85)45(32(5)74)72-52(82)40(20-26-62)66-47(77)37(17-23-59)67-53(83)42(28-30(2)3)70-54(84)43(29-34-12-14-35(57)15-13-34)71-49(79)38(18-24-60)65-50(41)80/h12-15,30-33,36-43,45-46,74-75H,7-11,16-29,58-62H2,1-6H3,(H,63,85)(H,64,76)(H,65,80)(H,66,77)(H,67,83)(H,68,78)(H,69,86)(H,70,84)(H,71,79)(H,72,82)(H,73,81)/t31-,32+,33+,36-,37-,38-,39-,40-,41-,42-,43+,45-,46-/m0/s1. The quantitative estimate of drug-likeness (QED) is 0.0336. The smallest absolute Gasteiger partial charge is 0.245 e. The molecule has 11 amide bonds. The Kier molecular flexibility index (Phi) is 35.1. The van der Waals surface area contributed by atoms with E-state index in [0.717, 1.165) is 19.3 Å². The summed E-state index contributed by atoms with van der Waals surface area (Å²) in [6, 6.07) is -8.62. The van der Waals surface area contributed by atoms with E-state index >= 15 is 0 Å². The van der Waals surface area contributed by atoms with Crippen molar-refractivity contribution < 1.29 is 63.0 Å². The van der Waals surface area contributed by atoms with Gasteiger partial charge >= 0.3 is 0 Å². The van der Waals surface area contributed by atoms with Gasteiger partial charge in [0.2, 0.25) is 65.0 Å². The van der Waals surface area contributed by atoms with E-state index in [2.05, 4.69) is 72.3 Å². The van der Waals surface area contributed by atoms with Gasteiger partial charge in [0, 0.05) is 24.4 Å². The first-order valence-corrected chi connectivity index (χ1v) is 30.0. The molecule has 0 spiro atoms. The lowest BCUT2D eigenvalue weighted by Gasteiger charge is -2.29. The minimum Gasteiger partial charge on any atom is -0.391 e. The predicted molar refractivity (Wildman–Crippen MR) is 321 cm³/mol. The predicted octanol–water partition coefficient (Wildman–Crippen LogP) is -4.59. The monoisotopic (exact) mass is 1240 g/mol. The van der Waals surface area contributed by atoms with Crippen molar-refractivity contribution in [2.45, 2.75) is 198 Å². The molecule has 13 atom stereocenters. The van der Waals surface area contributed by atoms with Crippen molar-refractivity contribution >= 4 is 76.6 Å². The maximum Gasteiger partial charge on any atom is 0.245 e. The summed E-state index contributed by atoms with van der Waals surface area (Å²) in [4.78, 5) is 154. The van der Waals surface area contributed by atoms with Crippen LogP contribution in [0.15, 0.2) is 24.3 Å². The Morgan fingerprint density at radius 1 is 0.581 bits per heavy atom. The first-order valence-electron chi connectivity index (χ1n) is 29.6. The van der Waals surface area contributed by atoms with E-state index in [1.165, 1.54) is 13.8 Å². The van der Waals surface area contributed by atoms with Crippen molar-refractivity contribution in [2.75, 3.05) is 39.3 Å². The molecule has 1 fully saturated rings. The SMILES string of the molecule is CC[C@H](C)CCCCC(=O)N[C@@H](CCN)C(=O)N[C@H](C(=O)N[C@@H](CCN)C(=O)N[C@H]1CCNC(=O)[C@H]([C@@H](C)O)NC(=O)[C@H](CCN)NC(=O)[C@H](CCN)NC(=O)[C@H](CC(C)C)NC(=O)[C@@H](Cc2ccc(Cl)cc2)NC(=O)[C@H](CCN)NC1=O)[C@@H](C)O. The van der Waals surface area contributed by atoms with Crippen LogP contribution in [0, 0.1) is 11.8 Å². The Bertz CT molecular complexity index is 2370. The molecular weight excluding hydrogens is 1140 g/mol. The van der Waals surface area contributed by atoms with Crippen LogP contribution in [0.5, 0.6) is 0 Å². The number of hydrogen-bond donors (Lipinski definition) is 18. The zero-order valence-electron chi connectivity index (χ0n) is 50.5. The molecule has 1 aliphatic heterocycles. The van der Waals surface area contributed by atoms with Gasteiger partial charge in [-0.3, -0.25) is 52.7 Å². The fourth-order valence-corrected chi connectivity index (χ4v) is 9.25. The number of nitrogens with one attached hydrogen (secondary N) is 11. The number of hydrogen-bond acceptors (Lipinski definition) is 18. The minimum atomic E-state index is -1.71. The molecule has 1 saturated heterocycles. The summed E-state index contributed by atoms with van der Waals surface area (Å²) in [5, 5.41) is 50.0. The summed E-state index contributed by atoms with van der Waals surface area (Å²) in [6.07, 6.45) is -1.22. The topological polar surface area (TPSA) is 491 Å². The Hall–Kier alpha value is -6.60. The summed E-state index contributed by atoms with van der Waals surface area (Å²) in [5.41, 5.74) is 29.9. The molecule has 1 aromatic carbocycles. The van der Waals surface area contributed by atoms with Gasteiger partial charge in [-0.1, -0.05) is 70.7 Å². The van der Waals surface area contributed by atoms with Crippen molar-refractivity contribution in [2.24, 2.45) is 40.5 Å². The zero-order chi connectivity index (χ0) is 64.6. The van der Waals surface area contributed by atoms with Gasteiger partial charge in [-0.2, -0.15) is 0 Å². The second kappa shape index (κ2) is 40.0. The highest BCUT2D eigenvalue weighted by Gasteiger charge is 2.37. The molecule has 0 radical (unpaired) electrons. The van der Waals surface area contributed by atoms with Crippen LogP contribution in [0.1, 0.15) is 124 Å². The first kappa shape index (κ1) is 75.5. The second-order valence-electron chi connectivity index (χ2n) is 22.2. The maximum atomic E-state index is 14.6. The van der Waals surface area contributed by atoms with Crippen LogP contribution in [0.4, 0.5) is 0 Å². The number of halogens is 1. The molecular formula is C56H97ClN16O13. The van der Waals surface area contributed by atoms with Gasteiger partial charge in [-0.05, 0) is 127 Å². The number of aliphatic hydroxyl groups excluding tert-OH is 2. The van der Waals surface area contributed by atoms with E-state index in [1.807, 2.05) is 0 Å². The second-order valence-corrected chi connectivity index (χ2v) is 22.6. The third-order valence-electron chi connectivity index (χ3n) is 14.3. The molecule has 0 unspecified atom stereocenters. The number of carbonyl (C=O) groups excluding carboxylic acids is 11. The van der Waals surface area contributed by atoms with Gasteiger partial charge in [-0.25, -0.2) is 0 Å². The average molecular weight is 1240 g/mol. The van der Waals surface area contributed by atoms with Crippen molar-refractivity contribution in [3.05, 3.63) is 34.9 Å². The van der Waals surface area contributed by atoms with Gasteiger partial charge in [0.15, 0.2) is 0 Å². The van der Waals surface area contributed by atoms with Gasteiger partial charge in [0.25, 0.3) is 0 Å². The lowest BCUT2D eigenvalue weighted by atomic mass is 10.00.